The van der Waals surface area contributed by atoms with E-state index < -0.39 is 7.82 Å². The molecule has 2 heterocycles. The van der Waals surface area contributed by atoms with Gasteiger partial charge in [0.25, 0.3) is 0 Å². The van der Waals surface area contributed by atoms with E-state index in [9.17, 15) is 14.4 Å². The third kappa shape index (κ3) is 5.78. The van der Waals surface area contributed by atoms with Crippen LogP contribution in [0.3, 0.4) is 0 Å². The van der Waals surface area contributed by atoms with E-state index in [0.29, 0.717) is 45.4 Å². The zero-order valence-corrected chi connectivity index (χ0v) is 23.0. The number of rotatable bonds is 6. The average molecular weight is 481 g/mol. The standard InChI is InChI=1S/C18H16NO8PS.2Na/c1-23-11-3-4-12(14(7-11)27-28(20,21)22)13-8-29-19-17(13)10-5-15(24-2)18-16(6-10)25-9-26-18;;/h3-8H,9H2,1-2H3,(H2,20,21,22);;/q;2*+1/p-2. The van der Waals surface area contributed by atoms with Crippen molar-refractivity contribution in [1.29, 1.82) is 0 Å². The number of benzene rings is 2. The van der Waals surface area contributed by atoms with Gasteiger partial charge in [0, 0.05) is 28.1 Å². The largest absolute Gasteiger partial charge is 1.00 e. The van der Waals surface area contributed by atoms with Crippen LogP contribution < -0.4 is 92.4 Å². The summed E-state index contributed by atoms with van der Waals surface area (Å²) in [6, 6.07) is 8.05. The van der Waals surface area contributed by atoms with Crippen LogP contribution in [-0.4, -0.2) is 25.4 Å². The van der Waals surface area contributed by atoms with E-state index in [1.54, 1.807) is 29.6 Å². The predicted octanol–water partition coefficient (Wildman–Crippen LogP) is -3.56. The third-order valence-corrected chi connectivity index (χ3v) is 5.24. The van der Waals surface area contributed by atoms with Crippen LogP contribution in [0.15, 0.2) is 35.7 Å². The topological polar surface area (TPSA) is 122 Å². The van der Waals surface area contributed by atoms with Gasteiger partial charge in [-0.15, -0.1) is 0 Å². The van der Waals surface area contributed by atoms with E-state index in [0.717, 1.165) is 11.5 Å². The minimum absolute atomic E-state index is 0. The molecule has 0 amide bonds. The molecule has 13 heteroatoms. The van der Waals surface area contributed by atoms with Gasteiger partial charge in [0.2, 0.25) is 12.5 Å². The summed E-state index contributed by atoms with van der Waals surface area (Å²) >= 11 is 1.16. The van der Waals surface area contributed by atoms with Gasteiger partial charge in [-0.3, -0.25) is 0 Å². The van der Waals surface area contributed by atoms with E-state index in [1.165, 1.54) is 20.3 Å². The summed E-state index contributed by atoms with van der Waals surface area (Å²) in [4.78, 5) is 22.5. The minimum Gasteiger partial charge on any atom is -0.780 e. The number of phosphoric acid groups is 1. The van der Waals surface area contributed by atoms with E-state index in [1.807, 2.05) is 0 Å². The molecule has 0 spiro atoms. The molecule has 0 radical (unpaired) electrons. The molecule has 4 rings (SSSR count). The maximum Gasteiger partial charge on any atom is 1.00 e. The number of phosphoric ester groups is 1. The van der Waals surface area contributed by atoms with Crippen LogP contribution in [0, 0.1) is 0 Å². The maximum absolute atomic E-state index is 11.2. The van der Waals surface area contributed by atoms with E-state index in [4.69, 9.17) is 18.9 Å². The fraction of sp³-hybridized carbons (Fsp3) is 0.167. The molecular formula is C18H14NNa2O8PS. The summed E-state index contributed by atoms with van der Waals surface area (Å²) in [5, 5.41) is 1.72. The molecule has 1 aromatic heterocycles. The molecule has 0 unspecified atom stereocenters. The Morgan fingerprint density at radius 3 is 2.48 bits per heavy atom. The van der Waals surface area contributed by atoms with Gasteiger partial charge in [-0.05, 0) is 35.8 Å². The second kappa shape index (κ2) is 10.9. The zero-order valence-electron chi connectivity index (χ0n) is 17.2. The molecule has 0 N–H and O–H groups in total. The number of ether oxygens (including phenoxy) is 4. The van der Waals surface area contributed by atoms with Crippen LogP contribution in [-0.2, 0) is 4.57 Å². The maximum atomic E-state index is 11.2. The van der Waals surface area contributed by atoms with Crippen molar-refractivity contribution in [1.82, 2.24) is 4.37 Å². The molecule has 9 nitrogen and oxygen atoms in total. The van der Waals surface area contributed by atoms with Gasteiger partial charge >= 0.3 is 59.1 Å². The Morgan fingerprint density at radius 2 is 1.81 bits per heavy atom. The van der Waals surface area contributed by atoms with Crippen molar-refractivity contribution < 1.29 is 96.9 Å². The quantitative estimate of drug-likeness (QED) is 0.260. The van der Waals surface area contributed by atoms with Crippen molar-refractivity contribution >= 4 is 19.4 Å². The molecule has 0 bridgehead atoms. The summed E-state index contributed by atoms with van der Waals surface area (Å²) in [5.74, 6) is 1.68. The van der Waals surface area contributed by atoms with Crippen molar-refractivity contribution in [2.45, 2.75) is 0 Å². The molecule has 31 heavy (non-hydrogen) atoms. The van der Waals surface area contributed by atoms with Gasteiger partial charge in [-0.1, -0.05) is 0 Å². The average Bonchev–Trinajstić information content (AvgIpc) is 3.35. The summed E-state index contributed by atoms with van der Waals surface area (Å²) < 4.78 is 41.7. The summed E-state index contributed by atoms with van der Waals surface area (Å²) in [5.41, 5.74) is 2.14. The van der Waals surface area contributed by atoms with Crippen molar-refractivity contribution in [3.05, 3.63) is 35.7 Å². The molecule has 0 saturated heterocycles. The van der Waals surface area contributed by atoms with Crippen molar-refractivity contribution in [2.24, 2.45) is 0 Å². The number of hydrogen-bond donors (Lipinski definition) is 0. The van der Waals surface area contributed by atoms with E-state index >= 15 is 0 Å². The summed E-state index contributed by atoms with van der Waals surface area (Å²) in [7, 11) is -2.35. The predicted molar refractivity (Wildman–Crippen MR) is 100 cm³/mol. The molecule has 2 aromatic carbocycles. The van der Waals surface area contributed by atoms with Gasteiger partial charge in [0.1, 0.15) is 19.3 Å². The van der Waals surface area contributed by atoms with E-state index in [-0.39, 0.29) is 71.7 Å². The summed E-state index contributed by atoms with van der Waals surface area (Å²) in [6.07, 6.45) is 0. The molecule has 0 fully saturated rings. The number of aromatic nitrogens is 1. The molecule has 1 aliphatic heterocycles. The van der Waals surface area contributed by atoms with Crippen LogP contribution in [0.25, 0.3) is 22.4 Å². The minimum atomic E-state index is -5.29. The Balaban J connectivity index is 0.00000171. The first kappa shape index (κ1) is 26.5. The van der Waals surface area contributed by atoms with Gasteiger partial charge in [0.05, 0.1) is 19.9 Å². The van der Waals surface area contributed by atoms with Crippen molar-refractivity contribution in [3.8, 4) is 51.1 Å². The van der Waals surface area contributed by atoms with Crippen LogP contribution >= 0.6 is 19.4 Å². The number of methoxy groups -OCH3 is 2. The molecular weight excluding hydrogens is 467 g/mol. The second-order valence-electron chi connectivity index (χ2n) is 5.89. The van der Waals surface area contributed by atoms with Gasteiger partial charge in [0.15, 0.2) is 11.5 Å². The molecule has 0 atom stereocenters. The molecule has 3 aromatic rings. The van der Waals surface area contributed by atoms with Gasteiger partial charge in [-0.25, -0.2) is 0 Å². The molecule has 0 saturated carbocycles. The SMILES string of the molecule is COc1ccc(-c2csnc2-c2cc(OC)c3c(c2)OCO3)c(OP(=O)([O-])[O-])c1.[Na+].[Na+]. The van der Waals surface area contributed by atoms with Crippen LogP contribution in [0.1, 0.15) is 0 Å². The third-order valence-electron chi connectivity index (χ3n) is 4.19. The first-order valence-corrected chi connectivity index (χ1v) is 10.5. The Bertz CT molecular complexity index is 1120. The van der Waals surface area contributed by atoms with Gasteiger partial charge < -0.3 is 37.8 Å². The Hall–Kier alpha value is -0.780. The number of nitrogens with zero attached hydrogens (tertiary/aromatic N) is 1. The first-order chi connectivity index (χ1) is 13.9. The van der Waals surface area contributed by atoms with Crippen molar-refractivity contribution in [2.75, 3.05) is 21.0 Å². The number of hydrogen-bond acceptors (Lipinski definition) is 10. The molecule has 1 aliphatic rings. The fourth-order valence-corrected chi connectivity index (χ4v) is 4.05. The van der Waals surface area contributed by atoms with Crippen LogP contribution in [0.5, 0.6) is 28.7 Å². The molecule has 152 valence electrons. The Kier molecular flexibility index (Phi) is 9.30. The second-order valence-corrected chi connectivity index (χ2v) is 7.60. The number of fused-ring (bicyclic) bond motifs is 1. The first-order valence-electron chi connectivity index (χ1n) is 8.22. The van der Waals surface area contributed by atoms with Crippen molar-refractivity contribution in [3.63, 3.8) is 0 Å². The smallest absolute Gasteiger partial charge is 0.780 e. The molecule has 0 aliphatic carbocycles. The van der Waals surface area contributed by atoms with Crippen LogP contribution in [0.4, 0.5) is 0 Å². The normalized spacial score (nSPS) is 11.9. The van der Waals surface area contributed by atoms with Crippen LogP contribution in [0.2, 0.25) is 0 Å². The van der Waals surface area contributed by atoms with E-state index in [2.05, 4.69) is 8.90 Å². The Morgan fingerprint density at radius 1 is 1.03 bits per heavy atom. The summed E-state index contributed by atoms with van der Waals surface area (Å²) in [6.45, 7) is 0.0812. The monoisotopic (exact) mass is 481 g/mol. The fourth-order valence-electron chi connectivity index (χ4n) is 2.95. The zero-order chi connectivity index (χ0) is 20.6. The van der Waals surface area contributed by atoms with Gasteiger partial charge in [-0.2, -0.15) is 4.37 Å². The Labute approximate surface area is 226 Å².